The van der Waals surface area contributed by atoms with E-state index < -0.39 is 10.0 Å². The molecule has 1 aliphatic carbocycles. The van der Waals surface area contributed by atoms with Crippen LogP contribution in [0.15, 0.2) is 17.2 Å². The number of sulfonamides is 1. The smallest absolute Gasteiger partial charge is 0.242 e. The predicted molar refractivity (Wildman–Crippen MR) is 84.6 cm³/mol. The van der Waals surface area contributed by atoms with Crippen LogP contribution in [0.5, 0.6) is 0 Å². The predicted octanol–water partition coefficient (Wildman–Crippen LogP) is 2.08. The molecule has 1 atom stereocenters. The van der Waals surface area contributed by atoms with Gasteiger partial charge in [-0.15, -0.1) is 0 Å². The van der Waals surface area contributed by atoms with Gasteiger partial charge in [-0.05, 0) is 44.7 Å². The van der Waals surface area contributed by atoms with Crippen molar-refractivity contribution >= 4 is 10.0 Å². The first kappa shape index (κ1) is 16.5. The lowest BCUT2D eigenvalue weighted by atomic mass is 9.92. The van der Waals surface area contributed by atoms with Gasteiger partial charge >= 0.3 is 0 Å². The molecule has 1 aromatic rings. The Morgan fingerprint density at radius 1 is 1.43 bits per heavy atom. The number of nitrogens with zero attached hydrogens (tertiary/aromatic N) is 1. The van der Waals surface area contributed by atoms with Crippen LogP contribution < -0.4 is 10.0 Å². The van der Waals surface area contributed by atoms with E-state index in [2.05, 4.69) is 23.9 Å². The highest BCUT2D eigenvalue weighted by Gasteiger charge is 2.33. The monoisotopic (exact) mass is 313 g/mol. The highest BCUT2D eigenvalue weighted by atomic mass is 32.2. The van der Waals surface area contributed by atoms with Gasteiger partial charge in [0.2, 0.25) is 10.0 Å². The van der Waals surface area contributed by atoms with Crippen molar-refractivity contribution in [1.29, 1.82) is 0 Å². The summed E-state index contributed by atoms with van der Waals surface area (Å²) < 4.78 is 29.9. The Morgan fingerprint density at radius 3 is 2.67 bits per heavy atom. The maximum absolute atomic E-state index is 12.5. The second-order valence-corrected chi connectivity index (χ2v) is 8.42. The molecule has 1 heterocycles. The molecule has 0 aliphatic heterocycles. The van der Waals surface area contributed by atoms with Gasteiger partial charge in [-0.25, -0.2) is 13.1 Å². The van der Waals surface area contributed by atoms with E-state index in [9.17, 15) is 8.42 Å². The van der Waals surface area contributed by atoms with Gasteiger partial charge in [-0.2, -0.15) is 0 Å². The Bertz CT molecular complexity index is 590. The third-order valence-electron chi connectivity index (χ3n) is 4.26. The second-order valence-electron chi connectivity index (χ2n) is 6.71. The molecule has 1 saturated carbocycles. The fraction of sp³-hybridized carbons (Fsp3) is 0.733. The molecule has 2 rings (SSSR count). The maximum Gasteiger partial charge on any atom is 0.242 e. The lowest BCUT2D eigenvalue weighted by Crippen LogP contribution is -2.33. The normalized spacial score (nSPS) is 21.8. The van der Waals surface area contributed by atoms with Gasteiger partial charge in [-0.1, -0.05) is 13.8 Å². The molecule has 0 spiro atoms. The van der Waals surface area contributed by atoms with Crippen LogP contribution in [0.25, 0.3) is 0 Å². The van der Waals surface area contributed by atoms with Gasteiger partial charge in [-0.3, -0.25) is 0 Å². The summed E-state index contributed by atoms with van der Waals surface area (Å²) in [6.45, 7) is 7.84. The number of rotatable bonds is 6. The van der Waals surface area contributed by atoms with Gasteiger partial charge in [0, 0.05) is 31.0 Å². The van der Waals surface area contributed by atoms with E-state index >= 15 is 0 Å². The molecule has 120 valence electrons. The maximum atomic E-state index is 12.5. The van der Waals surface area contributed by atoms with Gasteiger partial charge in [0.1, 0.15) is 0 Å². The Morgan fingerprint density at radius 2 is 2.14 bits per heavy atom. The average molecular weight is 313 g/mol. The molecule has 1 unspecified atom stereocenters. The molecular formula is C15H27N3O2S. The summed E-state index contributed by atoms with van der Waals surface area (Å²) in [5, 5.41) is 3.07. The van der Waals surface area contributed by atoms with Crippen LogP contribution in [0, 0.1) is 5.41 Å². The quantitative estimate of drug-likeness (QED) is 0.845. The minimum absolute atomic E-state index is 0.0581. The van der Waals surface area contributed by atoms with Crippen molar-refractivity contribution in [2.45, 2.75) is 64.1 Å². The van der Waals surface area contributed by atoms with Gasteiger partial charge in [0.25, 0.3) is 0 Å². The van der Waals surface area contributed by atoms with Gasteiger partial charge < -0.3 is 9.88 Å². The first-order valence-corrected chi connectivity index (χ1v) is 9.12. The van der Waals surface area contributed by atoms with Crippen LogP contribution in [-0.2, 0) is 23.1 Å². The summed E-state index contributed by atoms with van der Waals surface area (Å²) in [7, 11) is -1.56. The summed E-state index contributed by atoms with van der Waals surface area (Å²) >= 11 is 0. The van der Waals surface area contributed by atoms with Crippen molar-refractivity contribution < 1.29 is 8.42 Å². The molecule has 0 bridgehead atoms. The largest absolute Gasteiger partial charge is 0.349 e. The van der Waals surface area contributed by atoms with Crippen LogP contribution in [0.1, 0.15) is 45.7 Å². The van der Waals surface area contributed by atoms with E-state index in [1.165, 1.54) is 0 Å². The topological polar surface area (TPSA) is 63.1 Å². The van der Waals surface area contributed by atoms with E-state index in [0.717, 1.165) is 31.5 Å². The number of hydrogen-bond donors (Lipinski definition) is 2. The molecule has 21 heavy (non-hydrogen) atoms. The fourth-order valence-electron chi connectivity index (χ4n) is 3.12. The Kier molecular flexibility index (Phi) is 4.80. The lowest BCUT2D eigenvalue weighted by Gasteiger charge is -2.17. The molecular weight excluding hydrogens is 286 g/mol. The minimum atomic E-state index is -3.42. The van der Waals surface area contributed by atoms with Crippen molar-refractivity contribution in [3.8, 4) is 0 Å². The van der Waals surface area contributed by atoms with E-state index in [1.807, 2.05) is 18.5 Å². The second kappa shape index (κ2) is 6.10. The van der Waals surface area contributed by atoms with Crippen LogP contribution in [0.2, 0.25) is 0 Å². The molecule has 1 aromatic heterocycles. The molecule has 5 nitrogen and oxygen atoms in total. The lowest BCUT2D eigenvalue weighted by molar-refractivity contribution is 0.372. The van der Waals surface area contributed by atoms with E-state index in [-0.39, 0.29) is 11.5 Å². The van der Waals surface area contributed by atoms with Crippen molar-refractivity contribution in [2.75, 3.05) is 7.05 Å². The molecule has 1 aliphatic rings. The van der Waals surface area contributed by atoms with Crippen LogP contribution in [-0.4, -0.2) is 26.1 Å². The highest BCUT2D eigenvalue weighted by Crippen LogP contribution is 2.37. The molecule has 0 aromatic carbocycles. The van der Waals surface area contributed by atoms with Crippen LogP contribution in [0.3, 0.4) is 0 Å². The summed E-state index contributed by atoms with van der Waals surface area (Å²) in [6, 6.07) is 1.82. The Balaban J connectivity index is 2.16. The molecule has 2 N–H and O–H groups in total. The minimum Gasteiger partial charge on any atom is -0.349 e. The number of aromatic nitrogens is 1. The highest BCUT2D eigenvalue weighted by molar-refractivity contribution is 7.89. The Labute approximate surface area is 128 Å². The molecule has 0 saturated heterocycles. The molecule has 0 radical (unpaired) electrons. The van der Waals surface area contributed by atoms with E-state index in [0.29, 0.717) is 11.4 Å². The van der Waals surface area contributed by atoms with Crippen molar-refractivity contribution in [3.05, 3.63) is 18.0 Å². The average Bonchev–Trinajstić information content (AvgIpc) is 2.93. The SMILES string of the molecule is CCn1cc(S(=O)(=O)NC2CCC(C)(C)C2)cc1CNC. The van der Waals surface area contributed by atoms with E-state index in [1.54, 1.807) is 12.3 Å². The zero-order valence-electron chi connectivity index (χ0n) is 13.4. The Hall–Kier alpha value is -0.850. The first-order valence-electron chi connectivity index (χ1n) is 7.63. The number of aryl methyl sites for hydroxylation is 1. The van der Waals surface area contributed by atoms with Gasteiger partial charge in [0.15, 0.2) is 0 Å². The summed E-state index contributed by atoms with van der Waals surface area (Å²) in [5.74, 6) is 0. The van der Waals surface area contributed by atoms with Gasteiger partial charge in [0.05, 0.1) is 4.90 Å². The van der Waals surface area contributed by atoms with Crippen molar-refractivity contribution in [1.82, 2.24) is 14.6 Å². The fourth-order valence-corrected chi connectivity index (χ4v) is 4.45. The standard InChI is InChI=1S/C15H27N3O2S/c1-5-18-11-14(8-13(18)10-16-4)21(19,20)17-12-6-7-15(2,3)9-12/h8,11-12,16-17H,5-7,9-10H2,1-4H3. The van der Waals surface area contributed by atoms with Crippen LogP contribution >= 0.6 is 0 Å². The zero-order chi connectivity index (χ0) is 15.7. The van der Waals surface area contributed by atoms with E-state index in [4.69, 9.17) is 0 Å². The number of nitrogens with one attached hydrogen (secondary N) is 2. The molecule has 6 heteroatoms. The third-order valence-corrected chi connectivity index (χ3v) is 5.75. The first-order chi connectivity index (χ1) is 9.77. The zero-order valence-corrected chi connectivity index (χ0v) is 14.3. The third kappa shape index (κ3) is 3.87. The molecule has 1 fully saturated rings. The summed E-state index contributed by atoms with van der Waals surface area (Å²) in [4.78, 5) is 0.374. The summed E-state index contributed by atoms with van der Waals surface area (Å²) in [6.07, 6.45) is 4.63. The van der Waals surface area contributed by atoms with Crippen LogP contribution in [0.4, 0.5) is 0 Å². The number of hydrogen-bond acceptors (Lipinski definition) is 3. The summed E-state index contributed by atoms with van der Waals surface area (Å²) in [5.41, 5.74) is 1.23. The van der Waals surface area contributed by atoms with Crippen molar-refractivity contribution in [3.63, 3.8) is 0 Å². The molecule has 0 amide bonds. The van der Waals surface area contributed by atoms with Crippen molar-refractivity contribution in [2.24, 2.45) is 5.41 Å².